The van der Waals surface area contributed by atoms with Crippen LogP contribution in [0.1, 0.15) is 32.4 Å². The molecule has 1 rings (SSSR count). The van der Waals surface area contributed by atoms with Crippen molar-refractivity contribution in [1.82, 2.24) is 4.90 Å². The molecule has 18 heavy (non-hydrogen) atoms. The van der Waals surface area contributed by atoms with E-state index in [1.54, 1.807) is 6.07 Å². The highest BCUT2D eigenvalue weighted by molar-refractivity contribution is 5.22. The molecule has 0 aliphatic heterocycles. The molecule has 1 aromatic carbocycles. The van der Waals surface area contributed by atoms with E-state index in [4.69, 9.17) is 5.73 Å². The average molecular weight is 256 g/mol. The van der Waals surface area contributed by atoms with Gasteiger partial charge >= 0.3 is 0 Å². The first-order chi connectivity index (χ1) is 8.45. The fraction of sp³-hybridized carbons (Fsp3) is 0.571. The first-order valence-electron chi connectivity index (χ1n) is 6.37. The third-order valence-electron chi connectivity index (χ3n) is 2.91. The molecule has 0 radical (unpaired) electrons. The fourth-order valence-corrected chi connectivity index (χ4v) is 2.03. The maximum atomic E-state index is 13.6. The van der Waals surface area contributed by atoms with Gasteiger partial charge < -0.3 is 10.6 Å². The molecule has 0 saturated carbocycles. The van der Waals surface area contributed by atoms with Crippen molar-refractivity contribution in [1.29, 1.82) is 0 Å². The van der Waals surface area contributed by atoms with Crippen molar-refractivity contribution < 1.29 is 8.78 Å². The van der Waals surface area contributed by atoms with Crippen LogP contribution in [0, 0.1) is 17.6 Å². The van der Waals surface area contributed by atoms with Gasteiger partial charge in [0.05, 0.1) is 0 Å². The summed E-state index contributed by atoms with van der Waals surface area (Å²) in [4.78, 5) is 2.15. The van der Waals surface area contributed by atoms with Gasteiger partial charge in [0, 0.05) is 24.7 Å². The predicted molar refractivity (Wildman–Crippen MR) is 70.2 cm³/mol. The normalized spacial score (nSPS) is 13.3. The van der Waals surface area contributed by atoms with Crippen LogP contribution in [-0.4, -0.2) is 24.5 Å². The van der Waals surface area contributed by atoms with Crippen molar-refractivity contribution in [2.24, 2.45) is 11.7 Å². The number of hydrogen-bond acceptors (Lipinski definition) is 2. The SMILES string of the molecule is CCN(CC(C)C)CC(N)c1cccc(F)c1F. The van der Waals surface area contributed by atoms with E-state index in [1.165, 1.54) is 6.07 Å². The first kappa shape index (κ1) is 15.1. The summed E-state index contributed by atoms with van der Waals surface area (Å²) in [5.41, 5.74) is 6.22. The third-order valence-corrected chi connectivity index (χ3v) is 2.91. The average Bonchev–Trinajstić information content (AvgIpc) is 2.31. The van der Waals surface area contributed by atoms with Crippen molar-refractivity contribution in [3.05, 3.63) is 35.4 Å². The molecule has 1 aromatic rings. The van der Waals surface area contributed by atoms with Crippen LogP contribution >= 0.6 is 0 Å². The second-order valence-corrected chi connectivity index (χ2v) is 5.00. The Kier molecular flexibility index (Phi) is 5.69. The van der Waals surface area contributed by atoms with E-state index in [2.05, 4.69) is 18.7 Å². The zero-order valence-corrected chi connectivity index (χ0v) is 11.3. The van der Waals surface area contributed by atoms with Crippen molar-refractivity contribution in [3.63, 3.8) is 0 Å². The molecule has 0 heterocycles. The van der Waals surface area contributed by atoms with Gasteiger partial charge in [-0.25, -0.2) is 8.78 Å². The van der Waals surface area contributed by atoms with Crippen molar-refractivity contribution in [3.8, 4) is 0 Å². The molecule has 0 spiro atoms. The molecule has 1 unspecified atom stereocenters. The van der Waals surface area contributed by atoms with Crippen molar-refractivity contribution >= 4 is 0 Å². The molecule has 0 aliphatic carbocycles. The summed E-state index contributed by atoms with van der Waals surface area (Å²) in [6.45, 7) is 8.57. The van der Waals surface area contributed by atoms with Gasteiger partial charge in [-0.3, -0.25) is 0 Å². The highest BCUT2D eigenvalue weighted by atomic mass is 19.2. The molecule has 2 nitrogen and oxygen atoms in total. The third kappa shape index (κ3) is 4.03. The van der Waals surface area contributed by atoms with E-state index >= 15 is 0 Å². The topological polar surface area (TPSA) is 29.3 Å². The Hall–Kier alpha value is -1.00. The Labute approximate surface area is 108 Å². The number of rotatable bonds is 6. The second-order valence-electron chi connectivity index (χ2n) is 5.00. The van der Waals surface area contributed by atoms with Gasteiger partial charge in [0.2, 0.25) is 0 Å². The van der Waals surface area contributed by atoms with Gasteiger partial charge in [-0.15, -0.1) is 0 Å². The van der Waals surface area contributed by atoms with E-state index in [-0.39, 0.29) is 5.56 Å². The minimum Gasteiger partial charge on any atom is -0.323 e. The Balaban J connectivity index is 2.74. The largest absolute Gasteiger partial charge is 0.323 e. The molecule has 4 heteroatoms. The van der Waals surface area contributed by atoms with E-state index in [0.717, 1.165) is 19.2 Å². The Morgan fingerprint density at radius 2 is 1.89 bits per heavy atom. The summed E-state index contributed by atoms with van der Waals surface area (Å²) in [7, 11) is 0. The maximum absolute atomic E-state index is 13.6. The molecule has 0 bridgehead atoms. The van der Waals surface area contributed by atoms with E-state index < -0.39 is 17.7 Å². The van der Waals surface area contributed by atoms with Crippen molar-refractivity contribution in [2.45, 2.75) is 26.8 Å². The number of halogens is 2. The van der Waals surface area contributed by atoms with Crippen LogP contribution in [0.2, 0.25) is 0 Å². The monoisotopic (exact) mass is 256 g/mol. The number of nitrogens with zero attached hydrogens (tertiary/aromatic N) is 1. The minimum atomic E-state index is -0.838. The van der Waals surface area contributed by atoms with Gasteiger partial charge in [0.1, 0.15) is 0 Å². The van der Waals surface area contributed by atoms with Gasteiger partial charge in [0.15, 0.2) is 11.6 Å². The molecule has 102 valence electrons. The molecule has 0 fully saturated rings. The van der Waals surface area contributed by atoms with Crippen LogP contribution < -0.4 is 5.73 Å². The minimum absolute atomic E-state index is 0.247. The van der Waals surface area contributed by atoms with Crippen molar-refractivity contribution in [2.75, 3.05) is 19.6 Å². The van der Waals surface area contributed by atoms with Gasteiger partial charge in [-0.05, 0) is 18.5 Å². The number of benzene rings is 1. The first-order valence-corrected chi connectivity index (χ1v) is 6.37. The zero-order valence-electron chi connectivity index (χ0n) is 11.3. The fourth-order valence-electron chi connectivity index (χ4n) is 2.03. The lowest BCUT2D eigenvalue weighted by molar-refractivity contribution is 0.240. The number of hydrogen-bond donors (Lipinski definition) is 1. The van der Waals surface area contributed by atoms with E-state index in [1.807, 2.05) is 6.92 Å². The second kappa shape index (κ2) is 6.81. The lowest BCUT2D eigenvalue weighted by Gasteiger charge is -2.26. The van der Waals surface area contributed by atoms with Crippen LogP contribution in [-0.2, 0) is 0 Å². The molecule has 1 atom stereocenters. The Bertz CT molecular complexity index is 380. The Morgan fingerprint density at radius 3 is 2.44 bits per heavy atom. The summed E-state index contributed by atoms with van der Waals surface area (Å²) in [6, 6.07) is 3.65. The summed E-state index contributed by atoms with van der Waals surface area (Å²) in [6.07, 6.45) is 0. The van der Waals surface area contributed by atoms with Crippen LogP contribution in [0.4, 0.5) is 8.78 Å². The maximum Gasteiger partial charge on any atom is 0.163 e. The summed E-state index contributed by atoms with van der Waals surface area (Å²) >= 11 is 0. The lowest BCUT2D eigenvalue weighted by Crippen LogP contribution is -2.35. The highest BCUT2D eigenvalue weighted by Gasteiger charge is 2.17. The molecule has 0 saturated heterocycles. The molecule has 0 aromatic heterocycles. The van der Waals surface area contributed by atoms with E-state index in [0.29, 0.717) is 12.5 Å². The predicted octanol–water partition coefficient (Wildman–Crippen LogP) is 2.94. The number of likely N-dealkylation sites (N-methyl/N-ethyl adjacent to an activating group) is 1. The molecule has 2 N–H and O–H groups in total. The molecular weight excluding hydrogens is 234 g/mol. The lowest BCUT2D eigenvalue weighted by atomic mass is 10.1. The van der Waals surface area contributed by atoms with Gasteiger partial charge in [-0.2, -0.15) is 0 Å². The van der Waals surface area contributed by atoms with Crippen LogP contribution in [0.5, 0.6) is 0 Å². The Morgan fingerprint density at radius 1 is 1.22 bits per heavy atom. The molecular formula is C14H22F2N2. The van der Waals surface area contributed by atoms with Gasteiger partial charge in [0.25, 0.3) is 0 Å². The van der Waals surface area contributed by atoms with Crippen LogP contribution in [0.15, 0.2) is 18.2 Å². The highest BCUT2D eigenvalue weighted by Crippen LogP contribution is 2.18. The smallest absolute Gasteiger partial charge is 0.163 e. The standard InChI is InChI=1S/C14H22F2N2/c1-4-18(8-10(2)3)9-13(17)11-6-5-7-12(15)14(11)16/h5-7,10,13H,4,8-9,17H2,1-3H3. The van der Waals surface area contributed by atoms with E-state index in [9.17, 15) is 8.78 Å². The zero-order chi connectivity index (χ0) is 13.7. The number of nitrogens with two attached hydrogens (primary N) is 1. The van der Waals surface area contributed by atoms with Gasteiger partial charge in [-0.1, -0.05) is 32.9 Å². The quantitative estimate of drug-likeness (QED) is 0.848. The van der Waals surface area contributed by atoms with Crippen LogP contribution in [0.25, 0.3) is 0 Å². The van der Waals surface area contributed by atoms with Crippen LogP contribution in [0.3, 0.4) is 0 Å². The molecule has 0 amide bonds. The molecule has 0 aliphatic rings. The summed E-state index contributed by atoms with van der Waals surface area (Å²) in [5.74, 6) is -1.14. The summed E-state index contributed by atoms with van der Waals surface area (Å²) in [5, 5.41) is 0. The summed E-state index contributed by atoms with van der Waals surface area (Å²) < 4.78 is 26.7.